The van der Waals surface area contributed by atoms with Crippen LogP contribution in [-0.2, 0) is 14.8 Å². The monoisotopic (exact) mass is 278 g/mol. The van der Waals surface area contributed by atoms with E-state index >= 15 is 0 Å². The Bertz CT molecular complexity index is 367. The van der Waals surface area contributed by atoms with E-state index in [4.69, 9.17) is 0 Å². The Labute approximate surface area is 111 Å². The van der Waals surface area contributed by atoms with Gasteiger partial charge in [0.25, 0.3) is 0 Å². The van der Waals surface area contributed by atoms with Gasteiger partial charge in [-0.2, -0.15) is 4.31 Å². The third-order valence-corrected chi connectivity index (χ3v) is 4.32. The van der Waals surface area contributed by atoms with Crippen molar-refractivity contribution in [1.29, 1.82) is 0 Å². The Kier molecular flexibility index (Phi) is 6.29. The molecule has 0 aromatic carbocycles. The molecule has 0 aliphatic carbocycles. The van der Waals surface area contributed by atoms with Gasteiger partial charge in [0.15, 0.2) is 0 Å². The molecule has 1 amide bonds. The molecule has 0 aliphatic rings. The molecule has 0 aliphatic heterocycles. The van der Waals surface area contributed by atoms with Crippen LogP contribution in [0.4, 0.5) is 0 Å². The summed E-state index contributed by atoms with van der Waals surface area (Å²) in [5.74, 6) is -0.00194. The predicted molar refractivity (Wildman–Crippen MR) is 73.8 cm³/mol. The van der Waals surface area contributed by atoms with Gasteiger partial charge >= 0.3 is 0 Å². The molecule has 0 spiro atoms. The van der Waals surface area contributed by atoms with E-state index in [1.807, 2.05) is 34.6 Å². The third-order valence-electron chi connectivity index (χ3n) is 2.79. The summed E-state index contributed by atoms with van der Waals surface area (Å²) in [5, 5.41) is 0. The van der Waals surface area contributed by atoms with Gasteiger partial charge in [0.05, 0.1) is 6.26 Å². The molecule has 0 atom stereocenters. The minimum Gasteiger partial charge on any atom is -0.343 e. The van der Waals surface area contributed by atoms with Crippen molar-refractivity contribution in [1.82, 2.24) is 9.21 Å². The second-order valence-electron chi connectivity index (χ2n) is 5.32. The number of hydrogen-bond acceptors (Lipinski definition) is 3. The molecule has 0 aromatic heterocycles. The van der Waals surface area contributed by atoms with Gasteiger partial charge in [-0.25, -0.2) is 8.42 Å². The molecule has 5 nitrogen and oxygen atoms in total. The van der Waals surface area contributed by atoms with Gasteiger partial charge in [-0.05, 0) is 34.6 Å². The number of carbonyl (C=O) groups excluding carboxylic acids is 1. The van der Waals surface area contributed by atoms with Crippen molar-refractivity contribution in [3.63, 3.8) is 0 Å². The Morgan fingerprint density at radius 3 is 1.83 bits per heavy atom. The smallest absolute Gasteiger partial charge is 0.223 e. The molecule has 0 fully saturated rings. The first kappa shape index (κ1) is 17.4. The summed E-state index contributed by atoms with van der Waals surface area (Å²) in [7, 11) is -3.29. The SMILES string of the molecule is CCN(CC)C(=O)CCN(C(C)(C)C)S(C)(=O)=O. The molecule has 18 heavy (non-hydrogen) atoms. The second kappa shape index (κ2) is 6.52. The van der Waals surface area contributed by atoms with Crippen LogP contribution < -0.4 is 0 Å². The zero-order chi connectivity index (χ0) is 14.6. The van der Waals surface area contributed by atoms with Crippen LogP contribution in [-0.4, -0.2) is 55.0 Å². The van der Waals surface area contributed by atoms with E-state index in [2.05, 4.69) is 0 Å². The summed E-state index contributed by atoms with van der Waals surface area (Å²) in [6.45, 7) is 10.9. The molecule has 0 saturated heterocycles. The van der Waals surface area contributed by atoms with E-state index in [1.54, 1.807) is 4.90 Å². The van der Waals surface area contributed by atoms with E-state index in [9.17, 15) is 13.2 Å². The second-order valence-corrected chi connectivity index (χ2v) is 7.23. The van der Waals surface area contributed by atoms with Gasteiger partial charge in [-0.3, -0.25) is 4.79 Å². The summed E-state index contributed by atoms with van der Waals surface area (Å²) >= 11 is 0. The van der Waals surface area contributed by atoms with Crippen molar-refractivity contribution in [2.24, 2.45) is 0 Å². The zero-order valence-corrected chi connectivity index (χ0v) is 13.2. The molecule has 0 rings (SSSR count). The van der Waals surface area contributed by atoms with Crippen molar-refractivity contribution in [3.8, 4) is 0 Å². The number of rotatable bonds is 6. The van der Waals surface area contributed by atoms with Gasteiger partial charge in [0.1, 0.15) is 0 Å². The Balaban J connectivity index is 4.71. The molecule has 0 unspecified atom stereocenters. The standard InChI is InChI=1S/C12H26N2O3S/c1-7-13(8-2)11(15)9-10-14(12(3,4)5)18(6,16)17/h7-10H2,1-6H3. The number of nitrogens with zero attached hydrogens (tertiary/aromatic N) is 2. The highest BCUT2D eigenvalue weighted by Crippen LogP contribution is 2.17. The molecular formula is C12H26N2O3S. The van der Waals surface area contributed by atoms with Crippen LogP contribution in [0.25, 0.3) is 0 Å². The molecule has 0 saturated carbocycles. The fraction of sp³-hybridized carbons (Fsp3) is 0.917. The van der Waals surface area contributed by atoms with Crippen LogP contribution in [0.5, 0.6) is 0 Å². The number of sulfonamides is 1. The molecule has 0 radical (unpaired) electrons. The van der Waals surface area contributed by atoms with Crippen LogP contribution in [0.2, 0.25) is 0 Å². The summed E-state index contributed by atoms with van der Waals surface area (Å²) < 4.78 is 24.8. The Morgan fingerprint density at radius 2 is 1.56 bits per heavy atom. The zero-order valence-electron chi connectivity index (χ0n) is 12.4. The lowest BCUT2D eigenvalue weighted by Crippen LogP contribution is -2.46. The van der Waals surface area contributed by atoms with E-state index < -0.39 is 15.6 Å². The van der Waals surface area contributed by atoms with Gasteiger partial charge in [0, 0.05) is 31.6 Å². The largest absolute Gasteiger partial charge is 0.343 e. The highest BCUT2D eigenvalue weighted by atomic mass is 32.2. The van der Waals surface area contributed by atoms with Crippen LogP contribution in [0.15, 0.2) is 0 Å². The first-order chi connectivity index (χ1) is 8.04. The summed E-state index contributed by atoms with van der Waals surface area (Å²) in [4.78, 5) is 13.6. The third kappa shape index (κ3) is 5.35. The first-order valence-corrected chi connectivity index (χ1v) is 8.14. The van der Waals surface area contributed by atoms with E-state index in [-0.39, 0.29) is 18.9 Å². The van der Waals surface area contributed by atoms with Crippen LogP contribution in [0, 0.1) is 0 Å². The van der Waals surface area contributed by atoms with Crippen molar-refractivity contribution in [2.45, 2.75) is 46.6 Å². The molecule has 0 heterocycles. The lowest BCUT2D eigenvalue weighted by Gasteiger charge is -2.33. The van der Waals surface area contributed by atoms with Gasteiger partial charge in [-0.1, -0.05) is 0 Å². The number of hydrogen-bond donors (Lipinski definition) is 0. The molecule has 108 valence electrons. The van der Waals surface area contributed by atoms with Crippen molar-refractivity contribution in [2.75, 3.05) is 25.9 Å². The Hall–Kier alpha value is -0.620. The van der Waals surface area contributed by atoms with Crippen molar-refractivity contribution >= 4 is 15.9 Å². The summed E-state index contributed by atoms with van der Waals surface area (Å²) in [6.07, 6.45) is 1.41. The Morgan fingerprint density at radius 1 is 1.11 bits per heavy atom. The number of carbonyl (C=O) groups is 1. The van der Waals surface area contributed by atoms with Crippen LogP contribution in [0.1, 0.15) is 41.0 Å². The summed E-state index contributed by atoms with van der Waals surface area (Å²) in [6, 6.07) is 0. The predicted octanol–water partition coefficient (Wildman–Crippen LogP) is 1.30. The molecule has 0 bridgehead atoms. The van der Waals surface area contributed by atoms with Gasteiger partial charge in [0.2, 0.25) is 15.9 Å². The van der Waals surface area contributed by atoms with Gasteiger partial charge < -0.3 is 4.90 Å². The van der Waals surface area contributed by atoms with Crippen molar-refractivity contribution in [3.05, 3.63) is 0 Å². The maximum atomic E-state index is 11.9. The van der Waals surface area contributed by atoms with E-state index in [1.165, 1.54) is 10.6 Å². The van der Waals surface area contributed by atoms with E-state index in [0.29, 0.717) is 13.1 Å². The fourth-order valence-electron chi connectivity index (χ4n) is 1.93. The quantitative estimate of drug-likeness (QED) is 0.736. The minimum atomic E-state index is -3.29. The average Bonchev–Trinajstić information content (AvgIpc) is 2.15. The highest BCUT2D eigenvalue weighted by molar-refractivity contribution is 7.88. The molecule has 6 heteroatoms. The average molecular weight is 278 g/mol. The van der Waals surface area contributed by atoms with Crippen LogP contribution >= 0.6 is 0 Å². The lowest BCUT2D eigenvalue weighted by atomic mass is 10.1. The highest BCUT2D eigenvalue weighted by Gasteiger charge is 2.29. The van der Waals surface area contributed by atoms with Crippen LogP contribution in [0.3, 0.4) is 0 Å². The fourth-order valence-corrected chi connectivity index (χ4v) is 3.35. The normalized spacial score (nSPS) is 12.8. The molecular weight excluding hydrogens is 252 g/mol. The minimum absolute atomic E-state index is 0.00194. The van der Waals surface area contributed by atoms with Crippen molar-refractivity contribution < 1.29 is 13.2 Å². The van der Waals surface area contributed by atoms with Gasteiger partial charge in [-0.15, -0.1) is 0 Å². The maximum absolute atomic E-state index is 11.9. The molecule has 0 aromatic rings. The van der Waals surface area contributed by atoms with E-state index in [0.717, 1.165) is 0 Å². The summed E-state index contributed by atoms with van der Waals surface area (Å²) in [5.41, 5.74) is -0.503. The molecule has 0 N–H and O–H groups in total. The maximum Gasteiger partial charge on any atom is 0.223 e. The lowest BCUT2D eigenvalue weighted by molar-refractivity contribution is -0.131. The first-order valence-electron chi connectivity index (χ1n) is 6.29. The number of amides is 1. The topological polar surface area (TPSA) is 57.7 Å².